The lowest BCUT2D eigenvalue weighted by atomic mass is 10.2. The molecular weight excluding hydrogens is 310 g/mol. The van der Waals surface area contributed by atoms with Crippen LogP contribution in [0, 0.1) is 6.92 Å². The third kappa shape index (κ3) is 3.34. The fourth-order valence-electron chi connectivity index (χ4n) is 2.80. The molecule has 1 aliphatic rings. The zero-order valence-corrected chi connectivity index (χ0v) is 14.6. The van der Waals surface area contributed by atoms with E-state index in [2.05, 4.69) is 20.7 Å². The van der Waals surface area contributed by atoms with Crippen LogP contribution in [0.2, 0.25) is 0 Å². The number of ether oxygens (including phenoxy) is 2. The van der Waals surface area contributed by atoms with Crippen LogP contribution in [0.3, 0.4) is 0 Å². The summed E-state index contributed by atoms with van der Waals surface area (Å²) in [6.07, 6.45) is 1.44. The molecule has 1 aliphatic heterocycles. The average molecular weight is 333 g/mol. The first-order valence-electron chi connectivity index (χ1n) is 7.94. The van der Waals surface area contributed by atoms with Crippen molar-refractivity contribution in [2.75, 3.05) is 11.9 Å². The molecule has 24 heavy (non-hydrogen) atoms. The van der Waals surface area contributed by atoms with Crippen molar-refractivity contribution in [2.24, 2.45) is 7.05 Å². The second kappa shape index (κ2) is 6.03. The third-order valence-corrected chi connectivity index (χ3v) is 4.07. The lowest BCUT2D eigenvalue weighted by Crippen LogP contribution is -2.44. The number of hydrogen-bond donors (Lipinski definition) is 2. The standard InChI is InChI=1S/C16H23N5O3/c1-9-12-6-11(7-17-14(12)21(5)20-9)19-15(22)18-10(2)13-8-23-16(3,4)24-13/h6-7,10,13H,8H2,1-5H3,(H2,18,19,22)/t10-,13+/m0/s1. The highest BCUT2D eigenvalue weighted by atomic mass is 16.7. The van der Waals surface area contributed by atoms with Crippen LogP contribution in [0.5, 0.6) is 0 Å². The molecule has 130 valence electrons. The molecule has 0 aliphatic carbocycles. The molecule has 0 bridgehead atoms. The number of carbonyl (C=O) groups is 1. The van der Waals surface area contributed by atoms with E-state index in [4.69, 9.17) is 9.47 Å². The average Bonchev–Trinajstić information content (AvgIpc) is 2.99. The Morgan fingerprint density at radius 1 is 1.50 bits per heavy atom. The van der Waals surface area contributed by atoms with Gasteiger partial charge < -0.3 is 20.1 Å². The normalized spacial score (nSPS) is 21.0. The Bertz CT molecular complexity index is 770. The van der Waals surface area contributed by atoms with Gasteiger partial charge in [0.05, 0.1) is 30.2 Å². The van der Waals surface area contributed by atoms with Crippen molar-refractivity contribution in [3.05, 3.63) is 18.0 Å². The number of pyridine rings is 1. The highest BCUT2D eigenvalue weighted by Crippen LogP contribution is 2.24. The molecule has 2 aromatic heterocycles. The maximum absolute atomic E-state index is 12.2. The van der Waals surface area contributed by atoms with Crippen LogP contribution >= 0.6 is 0 Å². The molecule has 0 aromatic carbocycles. The number of aromatic nitrogens is 3. The molecule has 2 aromatic rings. The molecule has 0 unspecified atom stereocenters. The lowest BCUT2D eigenvalue weighted by molar-refractivity contribution is -0.140. The van der Waals surface area contributed by atoms with E-state index in [0.717, 1.165) is 16.7 Å². The zero-order valence-electron chi connectivity index (χ0n) is 14.6. The lowest BCUT2D eigenvalue weighted by Gasteiger charge is -2.22. The number of fused-ring (bicyclic) bond motifs is 1. The van der Waals surface area contributed by atoms with Gasteiger partial charge in [-0.25, -0.2) is 9.78 Å². The van der Waals surface area contributed by atoms with Crippen molar-refractivity contribution in [3.8, 4) is 0 Å². The zero-order chi connectivity index (χ0) is 17.5. The summed E-state index contributed by atoms with van der Waals surface area (Å²) >= 11 is 0. The summed E-state index contributed by atoms with van der Waals surface area (Å²) in [4.78, 5) is 16.5. The van der Waals surface area contributed by atoms with Gasteiger partial charge in [-0.1, -0.05) is 0 Å². The van der Waals surface area contributed by atoms with E-state index in [1.54, 1.807) is 10.9 Å². The van der Waals surface area contributed by atoms with Crippen molar-refractivity contribution in [1.82, 2.24) is 20.1 Å². The van der Waals surface area contributed by atoms with E-state index in [-0.39, 0.29) is 18.2 Å². The van der Waals surface area contributed by atoms with E-state index in [0.29, 0.717) is 12.3 Å². The van der Waals surface area contributed by atoms with Gasteiger partial charge in [-0.3, -0.25) is 4.68 Å². The smallest absolute Gasteiger partial charge is 0.319 e. The summed E-state index contributed by atoms with van der Waals surface area (Å²) in [7, 11) is 1.84. The summed E-state index contributed by atoms with van der Waals surface area (Å²) in [5, 5.41) is 10.9. The van der Waals surface area contributed by atoms with Crippen molar-refractivity contribution in [1.29, 1.82) is 0 Å². The number of nitrogens with one attached hydrogen (secondary N) is 2. The molecule has 3 heterocycles. The summed E-state index contributed by atoms with van der Waals surface area (Å²) in [6, 6.07) is 1.38. The minimum Gasteiger partial charge on any atom is -0.348 e. The fraction of sp³-hybridized carbons (Fsp3) is 0.562. The topological polar surface area (TPSA) is 90.3 Å². The molecule has 2 atom stereocenters. The summed E-state index contributed by atoms with van der Waals surface area (Å²) in [5.41, 5.74) is 2.27. The summed E-state index contributed by atoms with van der Waals surface area (Å²) in [6.45, 7) is 7.97. The molecule has 0 radical (unpaired) electrons. The molecule has 8 nitrogen and oxygen atoms in total. The minimum absolute atomic E-state index is 0.174. The quantitative estimate of drug-likeness (QED) is 0.896. The highest BCUT2D eigenvalue weighted by Gasteiger charge is 2.36. The molecule has 2 amide bonds. The maximum atomic E-state index is 12.2. The molecule has 3 rings (SSSR count). The largest absolute Gasteiger partial charge is 0.348 e. The van der Waals surface area contributed by atoms with Gasteiger partial charge in [0.15, 0.2) is 11.4 Å². The second-order valence-corrected chi connectivity index (χ2v) is 6.56. The van der Waals surface area contributed by atoms with Crippen LogP contribution in [0.1, 0.15) is 26.5 Å². The number of rotatable bonds is 3. The van der Waals surface area contributed by atoms with E-state index in [1.165, 1.54) is 0 Å². The van der Waals surface area contributed by atoms with E-state index in [1.807, 2.05) is 40.8 Å². The second-order valence-electron chi connectivity index (χ2n) is 6.56. The minimum atomic E-state index is -0.607. The summed E-state index contributed by atoms with van der Waals surface area (Å²) in [5.74, 6) is -0.607. The van der Waals surface area contributed by atoms with Crippen LogP contribution < -0.4 is 10.6 Å². The number of carbonyl (C=O) groups excluding carboxylic acids is 1. The van der Waals surface area contributed by atoms with Gasteiger partial charge in [0.25, 0.3) is 0 Å². The van der Waals surface area contributed by atoms with Gasteiger partial charge in [-0.15, -0.1) is 0 Å². The molecular formula is C16H23N5O3. The first-order valence-corrected chi connectivity index (χ1v) is 7.94. The number of aryl methyl sites for hydroxylation is 2. The number of hydrogen-bond acceptors (Lipinski definition) is 5. The Morgan fingerprint density at radius 3 is 2.92 bits per heavy atom. The Labute approximate surface area is 140 Å². The van der Waals surface area contributed by atoms with Crippen molar-refractivity contribution in [2.45, 2.75) is 45.6 Å². The van der Waals surface area contributed by atoms with Gasteiger partial charge >= 0.3 is 6.03 Å². The highest BCUT2D eigenvalue weighted by molar-refractivity contribution is 5.92. The van der Waals surface area contributed by atoms with Gasteiger partial charge in [0, 0.05) is 12.4 Å². The third-order valence-electron chi connectivity index (χ3n) is 4.07. The summed E-state index contributed by atoms with van der Waals surface area (Å²) < 4.78 is 13.0. The van der Waals surface area contributed by atoms with Crippen LogP contribution in [0.15, 0.2) is 12.3 Å². The van der Waals surface area contributed by atoms with Gasteiger partial charge in [0.2, 0.25) is 0 Å². The fourth-order valence-corrected chi connectivity index (χ4v) is 2.80. The van der Waals surface area contributed by atoms with E-state index in [9.17, 15) is 4.79 Å². The maximum Gasteiger partial charge on any atom is 0.319 e. The predicted molar refractivity (Wildman–Crippen MR) is 89.8 cm³/mol. The first-order chi connectivity index (χ1) is 11.2. The van der Waals surface area contributed by atoms with Crippen LogP contribution in [-0.2, 0) is 16.5 Å². The van der Waals surface area contributed by atoms with Crippen LogP contribution in [-0.4, -0.2) is 45.3 Å². The number of nitrogens with zero attached hydrogens (tertiary/aromatic N) is 3. The van der Waals surface area contributed by atoms with Crippen LogP contribution in [0.25, 0.3) is 11.0 Å². The number of anilines is 1. The Kier molecular flexibility index (Phi) is 4.18. The van der Waals surface area contributed by atoms with Gasteiger partial charge in [0.1, 0.15) is 6.10 Å². The molecule has 8 heteroatoms. The van der Waals surface area contributed by atoms with E-state index < -0.39 is 5.79 Å². The molecule has 1 saturated heterocycles. The molecule has 0 saturated carbocycles. The van der Waals surface area contributed by atoms with Gasteiger partial charge in [-0.2, -0.15) is 5.10 Å². The van der Waals surface area contributed by atoms with E-state index >= 15 is 0 Å². The Balaban J connectivity index is 1.63. The van der Waals surface area contributed by atoms with Crippen molar-refractivity contribution < 1.29 is 14.3 Å². The number of amides is 2. The number of urea groups is 1. The first kappa shape index (κ1) is 16.7. The van der Waals surface area contributed by atoms with Crippen molar-refractivity contribution >= 4 is 22.8 Å². The van der Waals surface area contributed by atoms with Gasteiger partial charge in [-0.05, 0) is 33.8 Å². The Morgan fingerprint density at radius 2 is 2.25 bits per heavy atom. The molecule has 1 fully saturated rings. The predicted octanol–water partition coefficient (Wildman–Crippen LogP) is 1.94. The molecule has 0 spiro atoms. The molecule has 2 N–H and O–H groups in total. The van der Waals surface area contributed by atoms with Crippen LogP contribution in [0.4, 0.5) is 10.5 Å². The monoisotopic (exact) mass is 333 g/mol. The Hall–Kier alpha value is -2.19. The SMILES string of the molecule is Cc1nn(C)c2ncc(NC(=O)N[C@@H](C)[C@H]3COC(C)(C)O3)cc12. The van der Waals surface area contributed by atoms with Crippen molar-refractivity contribution in [3.63, 3.8) is 0 Å².